The summed E-state index contributed by atoms with van der Waals surface area (Å²) >= 11 is 1.81. The second kappa shape index (κ2) is 8.91. The summed E-state index contributed by atoms with van der Waals surface area (Å²) in [5, 5.41) is 11.9. The van der Waals surface area contributed by atoms with Crippen molar-refractivity contribution in [3.05, 3.63) is 46.6 Å². The number of hydrogen-bond donors (Lipinski definition) is 2. The topological polar surface area (TPSA) is 84.3 Å². The molecule has 1 atom stereocenters. The molecule has 2 heterocycles. The Bertz CT molecular complexity index is 1150. The molecule has 1 unspecified atom stereocenters. The van der Waals surface area contributed by atoms with Crippen molar-refractivity contribution in [3.8, 4) is 16.2 Å². The molecule has 0 saturated heterocycles. The van der Waals surface area contributed by atoms with Crippen LogP contribution in [0.4, 0.5) is 31.5 Å². The Morgan fingerprint density at radius 1 is 1.18 bits per heavy atom. The summed E-state index contributed by atoms with van der Waals surface area (Å²) in [6, 6.07) is 6.74. The van der Waals surface area contributed by atoms with Gasteiger partial charge in [-0.25, -0.2) is 4.98 Å². The van der Waals surface area contributed by atoms with Crippen molar-refractivity contribution in [2.24, 2.45) is 0 Å². The van der Waals surface area contributed by atoms with Crippen molar-refractivity contribution in [1.82, 2.24) is 9.36 Å². The van der Waals surface area contributed by atoms with Crippen LogP contribution in [0.5, 0.6) is 5.75 Å². The maximum Gasteiger partial charge on any atom is 0.573 e. The Morgan fingerprint density at radius 3 is 2.52 bits per heavy atom. The molecule has 0 saturated carbocycles. The van der Waals surface area contributed by atoms with Crippen LogP contribution in [0.15, 0.2) is 30.3 Å². The molecule has 0 fully saturated rings. The molecule has 2 aromatic heterocycles. The van der Waals surface area contributed by atoms with Gasteiger partial charge in [-0.05, 0) is 37.6 Å². The molecule has 1 amide bonds. The quantitative estimate of drug-likeness (QED) is 0.422. The van der Waals surface area contributed by atoms with Crippen LogP contribution in [0, 0.1) is 6.92 Å². The van der Waals surface area contributed by atoms with E-state index < -0.39 is 36.2 Å². The van der Waals surface area contributed by atoms with E-state index in [4.69, 9.17) is 0 Å². The average molecular weight is 511 g/mol. The zero-order valence-corrected chi connectivity index (χ0v) is 18.5. The molecule has 1 aromatic carbocycles. The van der Waals surface area contributed by atoms with Gasteiger partial charge in [0.2, 0.25) is 5.13 Å². The van der Waals surface area contributed by atoms with E-state index in [0.29, 0.717) is 33.8 Å². The predicted octanol–water partition coefficient (Wildman–Crippen LogP) is 5.58. The van der Waals surface area contributed by atoms with Crippen molar-refractivity contribution in [3.63, 3.8) is 0 Å². The molecule has 14 heteroatoms. The fourth-order valence-electron chi connectivity index (χ4n) is 2.65. The highest BCUT2D eigenvalue weighted by Crippen LogP contribution is 2.35. The number of benzene rings is 1. The molecule has 0 aliphatic carbocycles. The zero-order valence-electron chi connectivity index (χ0n) is 16.8. The van der Waals surface area contributed by atoms with Gasteiger partial charge in [0, 0.05) is 27.7 Å². The van der Waals surface area contributed by atoms with Crippen LogP contribution >= 0.6 is 22.9 Å². The molecule has 3 rings (SSSR count). The van der Waals surface area contributed by atoms with Crippen molar-refractivity contribution < 1.29 is 41.0 Å². The molecular formula is C19H15F6N3O3S2. The van der Waals surface area contributed by atoms with Crippen LogP contribution < -0.4 is 10.1 Å². The van der Waals surface area contributed by atoms with Gasteiger partial charge in [0.1, 0.15) is 11.6 Å². The highest BCUT2D eigenvalue weighted by molar-refractivity contribution is 7.15. The van der Waals surface area contributed by atoms with E-state index in [2.05, 4.69) is 19.4 Å². The molecule has 0 radical (unpaired) electrons. The van der Waals surface area contributed by atoms with Crippen LogP contribution in [-0.4, -0.2) is 38.5 Å². The Labute approximate surface area is 191 Å². The Balaban J connectivity index is 1.74. The van der Waals surface area contributed by atoms with Gasteiger partial charge in [0.25, 0.3) is 5.91 Å². The van der Waals surface area contributed by atoms with Gasteiger partial charge in [0.05, 0.1) is 5.56 Å². The van der Waals surface area contributed by atoms with Gasteiger partial charge in [-0.1, -0.05) is 12.1 Å². The molecular weight excluding hydrogens is 496 g/mol. The van der Waals surface area contributed by atoms with E-state index in [1.807, 2.05) is 0 Å². The van der Waals surface area contributed by atoms with Crippen LogP contribution in [-0.2, 0) is 6.42 Å². The third kappa shape index (κ3) is 6.21. The lowest BCUT2D eigenvalue weighted by Crippen LogP contribution is -2.44. The van der Waals surface area contributed by atoms with E-state index in [-0.39, 0.29) is 16.5 Å². The molecule has 3 aromatic rings. The molecule has 0 aliphatic rings. The number of carbonyl (C=O) groups is 1. The van der Waals surface area contributed by atoms with Crippen molar-refractivity contribution in [2.75, 3.05) is 5.32 Å². The summed E-state index contributed by atoms with van der Waals surface area (Å²) in [4.78, 5) is 17.5. The van der Waals surface area contributed by atoms with E-state index in [1.165, 1.54) is 18.2 Å². The Kier molecular flexibility index (Phi) is 6.73. The summed E-state index contributed by atoms with van der Waals surface area (Å²) < 4.78 is 83.4. The summed E-state index contributed by atoms with van der Waals surface area (Å²) in [5.41, 5.74) is -2.42. The first-order chi connectivity index (χ1) is 15.1. The zero-order chi connectivity index (χ0) is 24.6. The minimum atomic E-state index is -4.88. The number of anilines is 1. The lowest BCUT2D eigenvalue weighted by molar-refractivity contribution is -0.274. The molecule has 2 N–H and O–H groups in total. The summed E-state index contributed by atoms with van der Waals surface area (Å²) in [7, 11) is 0. The number of aliphatic hydroxyl groups is 1. The number of carbonyl (C=O) groups excluding carboxylic acids is 1. The maximum atomic E-state index is 12.8. The SMILES string of the molecule is Cc1sc(-c2cccc(OC(F)(F)F)c2)cc1C(=O)Nc1nc(CC(C)(O)C(F)(F)F)ns1. The van der Waals surface area contributed by atoms with E-state index >= 15 is 0 Å². The van der Waals surface area contributed by atoms with Gasteiger partial charge in [0.15, 0.2) is 5.60 Å². The van der Waals surface area contributed by atoms with Crippen LogP contribution in [0.25, 0.3) is 10.4 Å². The largest absolute Gasteiger partial charge is 0.573 e. The lowest BCUT2D eigenvalue weighted by Gasteiger charge is -2.24. The van der Waals surface area contributed by atoms with Crippen molar-refractivity contribution in [2.45, 2.75) is 38.4 Å². The summed E-state index contributed by atoms with van der Waals surface area (Å²) in [6.45, 7) is 2.22. The van der Waals surface area contributed by atoms with Gasteiger partial charge >= 0.3 is 12.5 Å². The molecule has 6 nitrogen and oxygen atoms in total. The number of thiophene rings is 1. The number of amides is 1. The molecule has 33 heavy (non-hydrogen) atoms. The first-order valence-corrected chi connectivity index (χ1v) is 10.6. The second-order valence-corrected chi connectivity index (χ2v) is 9.08. The first kappa shape index (κ1) is 24.9. The number of alkyl halides is 6. The number of hydrogen-bond acceptors (Lipinski definition) is 7. The fourth-order valence-corrected chi connectivity index (χ4v) is 4.24. The molecule has 0 aliphatic heterocycles. The van der Waals surface area contributed by atoms with Gasteiger partial charge in [-0.3, -0.25) is 10.1 Å². The second-order valence-electron chi connectivity index (χ2n) is 7.07. The number of aromatic nitrogens is 2. The number of halogens is 6. The number of nitrogens with one attached hydrogen (secondary N) is 1. The molecule has 0 spiro atoms. The predicted molar refractivity (Wildman–Crippen MR) is 109 cm³/mol. The molecule has 0 bridgehead atoms. The van der Waals surface area contributed by atoms with Crippen molar-refractivity contribution >= 4 is 33.9 Å². The van der Waals surface area contributed by atoms with Crippen LogP contribution in [0.3, 0.4) is 0 Å². The Hall–Kier alpha value is -2.71. The minimum Gasteiger partial charge on any atom is -0.406 e. The van der Waals surface area contributed by atoms with Gasteiger partial charge < -0.3 is 9.84 Å². The standard InChI is InChI=1S/C19H15F6N3O3S2/c1-9-12(7-13(32-9)10-4-3-5-11(6-10)31-19(23,24)25)15(29)27-16-26-14(28-33-16)8-17(2,30)18(20,21)22/h3-7,30H,8H2,1-2H3,(H,26,27,28,29). The van der Waals surface area contributed by atoms with Crippen molar-refractivity contribution in [1.29, 1.82) is 0 Å². The summed E-state index contributed by atoms with van der Waals surface area (Å²) in [6.07, 6.45) is -10.6. The Morgan fingerprint density at radius 2 is 1.88 bits per heavy atom. The average Bonchev–Trinajstić information content (AvgIpc) is 3.25. The number of ether oxygens (including phenoxy) is 1. The van der Waals surface area contributed by atoms with Gasteiger partial charge in [-0.2, -0.15) is 17.5 Å². The smallest absolute Gasteiger partial charge is 0.406 e. The number of nitrogens with zero attached hydrogens (tertiary/aromatic N) is 2. The molecule has 178 valence electrons. The third-order valence-electron chi connectivity index (χ3n) is 4.32. The summed E-state index contributed by atoms with van der Waals surface area (Å²) in [5.74, 6) is -1.32. The minimum absolute atomic E-state index is 0.0688. The fraction of sp³-hybridized carbons (Fsp3) is 0.316. The normalized spacial score (nSPS) is 14.1. The highest BCUT2D eigenvalue weighted by Gasteiger charge is 2.50. The highest BCUT2D eigenvalue weighted by atomic mass is 32.1. The third-order valence-corrected chi connectivity index (χ3v) is 6.08. The monoisotopic (exact) mass is 511 g/mol. The van der Waals surface area contributed by atoms with E-state index in [9.17, 15) is 36.2 Å². The lowest BCUT2D eigenvalue weighted by atomic mass is 10.0. The first-order valence-electron chi connectivity index (χ1n) is 9.04. The van der Waals surface area contributed by atoms with E-state index in [1.54, 1.807) is 13.0 Å². The van der Waals surface area contributed by atoms with Crippen LogP contribution in [0.2, 0.25) is 0 Å². The number of aryl methyl sites for hydroxylation is 1. The van der Waals surface area contributed by atoms with Gasteiger partial charge in [-0.15, -0.1) is 24.5 Å². The van der Waals surface area contributed by atoms with Crippen LogP contribution in [0.1, 0.15) is 28.0 Å². The van der Waals surface area contributed by atoms with E-state index in [0.717, 1.165) is 17.4 Å². The number of rotatable bonds is 6. The maximum absolute atomic E-state index is 12.8.